The van der Waals surface area contributed by atoms with Crippen LogP contribution in [0.5, 0.6) is 0 Å². The molecule has 2 aliphatic rings. The van der Waals surface area contributed by atoms with Gasteiger partial charge in [0.25, 0.3) is 0 Å². The average molecular weight is 479 g/mol. The van der Waals surface area contributed by atoms with Gasteiger partial charge >= 0.3 is 12.1 Å². The molecule has 2 aromatic carbocycles. The Balaban J connectivity index is 1.44. The van der Waals surface area contributed by atoms with Crippen molar-refractivity contribution in [3.8, 4) is 11.1 Å². The summed E-state index contributed by atoms with van der Waals surface area (Å²) in [6.45, 7) is 8.12. The van der Waals surface area contributed by atoms with Crippen LogP contribution in [0.1, 0.15) is 51.2 Å². The van der Waals surface area contributed by atoms with Gasteiger partial charge in [-0.2, -0.15) is 0 Å². The molecule has 7 nitrogen and oxygen atoms in total. The normalized spacial score (nSPS) is 22.0. The van der Waals surface area contributed by atoms with E-state index in [4.69, 9.17) is 4.74 Å². The van der Waals surface area contributed by atoms with E-state index >= 15 is 0 Å². The van der Waals surface area contributed by atoms with Crippen LogP contribution >= 0.6 is 0 Å². The number of carbonyl (C=O) groups is 3. The number of nitrogens with one attached hydrogen (secondary N) is 1. The molecule has 1 fully saturated rings. The fraction of sp³-hybridized carbons (Fsp3) is 0.464. The van der Waals surface area contributed by atoms with Crippen molar-refractivity contribution in [3.63, 3.8) is 0 Å². The number of hydrogen-bond donors (Lipinski definition) is 2. The van der Waals surface area contributed by atoms with Gasteiger partial charge in [0, 0.05) is 19.0 Å². The van der Waals surface area contributed by atoms with E-state index in [0.29, 0.717) is 13.0 Å². The zero-order valence-electron chi connectivity index (χ0n) is 20.8. The molecule has 3 atom stereocenters. The molecule has 4 rings (SSSR count). The molecule has 1 aliphatic carbocycles. The first kappa shape index (κ1) is 24.8. The molecule has 35 heavy (non-hydrogen) atoms. The molecule has 2 N–H and O–H groups in total. The minimum Gasteiger partial charge on any atom is -0.481 e. The largest absolute Gasteiger partial charge is 0.481 e. The van der Waals surface area contributed by atoms with Crippen LogP contribution in [0, 0.1) is 17.3 Å². The summed E-state index contributed by atoms with van der Waals surface area (Å²) in [6, 6.07) is 15.5. The SMILES string of the molecule is CC(C)C[C@H](NC(=O)OCC1c2ccccc2-c2ccccc21)C(=O)N1CC(C)C(C)(C(=O)O)C1. The number of carboxylic acids is 1. The third-order valence-electron chi connectivity index (χ3n) is 7.54. The number of likely N-dealkylation sites (tertiary alicyclic amines) is 1. The molecule has 2 unspecified atom stereocenters. The Morgan fingerprint density at radius 1 is 1.09 bits per heavy atom. The summed E-state index contributed by atoms with van der Waals surface area (Å²) < 4.78 is 5.65. The smallest absolute Gasteiger partial charge is 0.407 e. The van der Waals surface area contributed by atoms with Crippen LogP contribution in [0.3, 0.4) is 0 Å². The van der Waals surface area contributed by atoms with Gasteiger partial charge in [-0.25, -0.2) is 4.79 Å². The Labute approximate surface area is 206 Å². The van der Waals surface area contributed by atoms with E-state index in [-0.39, 0.29) is 36.8 Å². The number of aliphatic carboxylic acids is 1. The molecule has 0 bridgehead atoms. The van der Waals surface area contributed by atoms with Crippen molar-refractivity contribution >= 4 is 18.0 Å². The predicted octanol–water partition coefficient (Wildman–Crippen LogP) is 4.51. The molecule has 2 aromatic rings. The highest BCUT2D eigenvalue weighted by Gasteiger charge is 2.48. The van der Waals surface area contributed by atoms with Crippen LogP contribution in [0.25, 0.3) is 11.1 Å². The molecule has 1 aliphatic heterocycles. The molecule has 1 heterocycles. The molecule has 0 spiro atoms. The van der Waals surface area contributed by atoms with Crippen molar-refractivity contribution < 1.29 is 24.2 Å². The lowest BCUT2D eigenvalue weighted by atomic mass is 9.81. The summed E-state index contributed by atoms with van der Waals surface area (Å²) in [5, 5.41) is 12.4. The van der Waals surface area contributed by atoms with Crippen LogP contribution in [0.4, 0.5) is 4.79 Å². The zero-order chi connectivity index (χ0) is 25.3. The number of carbonyl (C=O) groups excluding carboxylic acids is 2. The zero-order valence-corrected chi connectivity index (χ0v) is 20.8. The van der Waals surface area contributed by atoms with Gasteiger partial charge in [-0.3, -0.25) is 9.59 Å². The fourth-order valence-electron chi connectivity index (χ4n) is 5.29. The Morgan fingerprint density at radius 3 is 2.17 bits per heavy atom. The Hall–Kier alpha value is -3.35. The highest BCUT2D eigenvalue weighted by atomic mass is 16.5. The Bertz CT molecular complexity index is 1080. The molecule has 1 saturated heterocycles. The lowest BCUT2D eigenvalue weighted by molar-refractivity contribution is -0.149. The summed E-state index contributed by atoms with van der Waals surface area (Å²) in [6.07, 6.45) is -0.198. The predicted molar refractivity (Wildman–Crippen MR) is 133 cm³/mol. The van der Waals surface area contributed by atoms with Gasteiger partial charge in [0.05, 0.1) is 5.41 Å². The maximum Gasteiger partial charge on any atom is 0.407 e. The summed E-state index contributed by atoms with van der Waals surface area (Å²) in [7, 11) is 0. The number of nitrogens with zero attached hydrogens (tertiary/aromatic N) is 1. The van der Waals surface area contributed by atoms with E-state index in [1.807, 2.05) is 45.0 Å². The molecule has 0 saturated carbocycles. The second kappa shape index (κ2) is 9.72. The second-order valence-corrected chi connectivity index (χ2v) is 10.5. The standard InChI is InChI=1S/C28H34N2O5/c1-17(2)13-24(25(31)30-14-18(3)28(4,16-30)26(32)33)29-27(34)35-15-23-21-11-7-5-9-19(21)20-10-6-8-12-22(20)23/h5-12,17-18,23-24H,13-16H2,1-4H3,(H,29,34)(H,32,33)/t18?,24-,28?/m0/s1. The Morgan fingerprint density at radius 2 is 1.66 bits per heavy atom. The first-order valence-electron chi connectivity index (χ1n) is 12.3. The van der Waals surface area contributed by atoms with Gasteiger partial charge < -0.3 is 20.1 Å². The highest BCUT2D eigenvalue weighted by molar-refractivity contribution is 5.87. The lowest BCUT2D eigenvalue weighted by Crippen LogP contribution is -2.49. The number of carboxylic acid groups (broad SMARTS) is 1. The van der Waals surface area contributed by atoms with Crippen molar-refractivity contribution in [2.45, 2.75) is 46.1 Å². The van der Waals surface area contributed by atoms with Crippen LogP contribution in [0.2, 0.25) is 0 Å². The van der Waals surface area contributed by atoms with Gasteiger partial charge in [-0.1, -0.05) is 69.3 Å². The van der Waals surface area contributed by atoms with Crippen molar-refractivity contribution in [3.05, 3.63) is 59.7 Å². The van der Waals surface area contributed by atoms with Gasteiger partial charge in [0.1, 0.15) is 12.6 Å². The summed E-state index contributed by atoms with van der Waals surface area (Å²) >= 11 is 0. The van der Waals surface area contributed by atoms with Crippen molar-refractivity contribution in [2.75, 3.05) is 19.7 Å². The quantitative estimate of drug-likeness (QED) is 0.611. The maximum absolute atomic E-state index is 13.3. The average Bonchev–Trinajstić information content (AvgIpc) is 3.31. The summed E-state index contributed by atoms with van der Waals surface area (Å²) in [4.78, 5) is 39.5. The lowest BCUT2D eigenvalue weighted by Gasteiger charge is -2.26. The molecule has 0 aromatic heterocycles. The van der Waals surface area contributed by atoms with Crippen molar-refractivity contribution in [1.82, 2.24) is 10.2 Å². The summed E-state index contributed by atoms with van der Waals surface area (Å²) in [5.41, 5.74) is 3.54. The monoisotopic (exact) mass is 478 g/mol. The van der Waals surface area contributed by atoms with Gasteiger partial charge in [-0.05, 0) is 47.4 Å². The van der Waals surface area contributed by atoms with Gasteiger partial charge in [0.15, 0.2) is 0 Å². The number of fused-ring (bicyclic) bond motifs is 3. The molecule has 2 amide bonds. The minimum atomic E-state index is -0.998. The third kappa shape index (κ3) is 4.77. The maximum atomic E-state index is 13.3. The second-order valence-electron chi connectivity index (χ2n) is 10.5. The van der Waals surface area contributed by atoms with Crippen LogP contribution in [-0.2, 0) is 14.3 Å². The third-order valence-corrected chi connectivity index (χ3v) is 7.54. The number of hydrogen-bond acceptors (Lipinski definition) is 4. The van der Waals surface area contributed by atoms with E-state index in [1.54, 1.807) is 11.8 Å². The summed E-state index contributed by atoms with van der Waals surface area (Å²) in [5.74, 6) is -1.26. The molecule has 186 valence electrons. The van der Waals surface area contributed by atoms with E-state index < -0.39 is 23.5 Å². The number of alkyl carbamates (subject to hydrolysis) is 1. The molecule has 7 heteroatoms. The minimum absolute atomic E-state index is 0.0666. The topological polar surface area (TPSA) is 95.9 Å². The highest BCUT2D eigenvalue weighted by Crippen LogP contribution is 2.44. The fourth-order valence-corrected chi connectivity index (χ4v) is 5.29. The molecular formula is C28H34N2O5. The Kier molecular flexibility index (Phi) is 6.88. The van der Waals surface area contributed by atoms with Crippen molar-refractivity contribution in [2.24, 2.45) is 17.3 Å². The van der Waals surface area contributed by atoms with Crippen LogP contribution < -0.4 is 5.32 Å². The van der Waals surface area contributed by atoms with Crippen LogP contribution in [-0.4, -0.2) is 53.7 Å². The number of rotatable bonds is 7. The van der Waals surface area contributed by atoms with Crippen molar-refractivity contribution in [1.29, 1.82) is 0 Å². The first-order chi connectivity index (χ1) is 16.6. The van der Waals surface area contributed by atoms with E-state index in [9.17, 15) is 19.5 Å². The van der Waals surface area contributed by atoms with E-state index in [1.165, 1.54) is 0 Å². The van der Waals surface area contributed by atoms with Crippen LogP contribution in [0.15, 0.2) is 48.5 Å². The number of ether oxygens (including phenoxy) is 1. The molecule has 0 radical (unpaired) electrons. The van der Waals surface area contributed by atoms with Gasteiger partial charge in [-0.15, -0.1) is 0 Å². The number of amides is 2. The van der Waals surface area contributed by atoms with Gasteiger partial charge in [0.2, 0.25) is 5.91 Å². The molecular weight excluding hydrogens is 444 g/mol. The first-order valence-corrected chi connectivity index (χ1v) is 12.3. The van der Waals surface area contributed by atoms with E-state index in [2.05, 4.69) is 29.6 Å². The van der Waals surface area contributed by atoms with E-state index in [0.717, 1.165) is 22.3 Å². The number of benzene rings is 2.